The van der Waals surface area contributed by atoms with Crippen molar-refractivity contribution in [3.8, 4) is 0 Å². The van der Waals surface area contributed by atoms with Gasteiger partial charge in [-0.15, -0.1) is 0 Å². The molecule has 116 valence electrons. The first-order valence-corrected chi connectivity index (χ1v) is 7.97. The fourth-order valence-electron chi connectivity index (χ4n) is 3.64. The van der Waals surface area contributed by atoms with Gasteiger partial charge in [-0.3, -0.25) is 9.69 Å². The molecule has 1 N–H and O–H groups in total. The van der Waals surface area contributed by atoms with Crippen molar-refractivity contribution in [2.75, 3.05) is 26.2 Å². The van der Waals surface area contributed by atoms with Gasteiger partial charge in [0.15, 0.2) is 5.76 Å². The molecule has 2 fully saturated rings. The van der Waals surface area contributed by atoms with Crippen LogP contribution in [0.3, 0.4) is 0 Å². The lowest BCUT2D eigenvalue weighted by Crippen LogP contribution is -2.51. The standard InChI is InChI=1S/C16H24N2O3/c1-2-7-18-8-10-21-15-12(5-6-13(15)18)11-17-16(19)14-4-3-9-20-14/h3-4,9,12-13,15H,2,5-8,10-11H2,1H3,(H,17,19)/t12-,13+,15+/m0/s1. The lowest BCUT2D eigenvalue weighted by molar-refractivity contribution is -0.0725. The van der Waals surface area contributed by atoms with E-state index >= 15 is 0 Å². The first kappa shape index (κ1) is 14.6. The molecule has 1 saturated heterocycles. The molecule has 0 radical (unpaired) electrons. The summed E-state index contributed by atoms with van der Waals surface area (Å²) in [5.74, 6) is 0.653. The zero-order chi connectivity index (χ0) is 14.7. The van der Waals surface area contributed by atoms with Crippen molar-refractivity contribution in [2.24, 2.45) is 5.92 Å². The monoisotopic (exact) mass is 292 g/mol. The van der Waals surface area contributed by atoms with Crippen LogP contribution >= 0.6 is 0 Å². The summed E-state index contributed by atoms with van der Waals surface area (Å²) in [6.45, 7) is 5.89. The molecule has 5 heteroatoms. The highest BCUT2D eigenvalue weighted by Gasteiger charge is 2.42. The summed E-state index contributed by atoms with van der Waals surface area (Å²) in [5.41, 5.74) is 0. The zero-order valence-corrected chi connectivity index (χ0v) is 12.6. The van der Waals surface area contributed by atoms with Crippen molar-refractivity contribution in [1.29, 1.82) is 0 Å². The van der Waals surface area contributed by atoms with Gasteiger partial charge < -0.3 is 14.5 Å². The highest BCUT2D eigenvalue weighted by Crippen LogP contribution is 2.34. The molecular weight excluding hydrogens is 268 g/mol. The van der Waals surface area contributed by atoms with E-state index in [1.54, 1.807) is 12.1 Å². The predicted octanol–water partition coefficient (Wildman–Crippen LogP) is 1.90. The molecule has 2 aliphatic rings. The Kier molecular flexibility index (Phi) is 4.60. The molecule has 1 aromatic heterocycles. The molecule has 1 saturated carbocycles. The molecule has 5 nitrogen and oxygen atoms in total. The molecule has 0 unspecified atom stereocenters. The molecule has 1 aliphatic carbocycles. The van der Waals surface area contributed by atoms with E-state index in [1.165, 1.54) is 19.1 Å². The van der Waals surface area contributed by atoms with Crippen LogP contribution in [-0.4, -0.2) is 49.2 Å². The maximum atomic E-state index is 11.9. The summed E-state index contributed by atoms with van der Waals surface area (Å²) < 4.78 is 11.1. The van der Waals surface area contributed by atoms with E-state index in [0.29, 0.717) is 24.3 Å². The second kappa shape index (κ2) is 6.62. The van der Waals surface area contributed by atoms with Gasteiger partial charge in [0.1, 0.15) is 0 Å². The van der Waals surface area contributed by atoms with Crippen LogP contribution in [0.1, 0.15) is 36.7 Å². The highest BCUT2D eigenvalue weighted by molar-refractivity contribution is 5.91. The van der Waals surface area contributed by atoms with E-state index in [2.05, 4.69) is 17.1 Å². The van der Waals surface area contributed by atoms with Gasteiger partial charge in [-0.25, -0.2) is 0 Å². The number of nitrogens with one attached hydrogen (secondary N) is 1. The first-order valence-electron chi connectivity index (χ1n) is 7.97. The summed E-state index contributed by atoms with van der Waals surface area (Å²) >= 11 is 0. The zero-order valence-electron chi connectivity index (χ0n) is 12.6. The molecule has 0 spiro atoms. The fourth-order valence-corrected chi connectivity index (χ4v) is 3.64. The highest BCUT2D eigenvalue weighted by atomic mass is 16.5. The van der Waals surface area contributed by atoms with Crippen molar-refractivity contribution >= 4 is 5.91 Å². The molecule has 1 aromatic rings. The average Bonchev–Trinajstić information content (AvgIpc) is 3.15. The third-order valence-corrected chi connectivity index (χ3v) is 4.62. The van der Waals surface area contributed by atoms with E-state index in [9.17, 15) is 4.79 Å². The molecule has 0 aromatic carbocycles. The number of hydrogen-bond donors (Lipinski definition) is 1. The lowest BCUT2D eigenvalue weighted by Gasteiger charge is -2.39. The van der Waals surface area contributed by atoms with Crippen LogP contribution in [-0.2, 0) is 4.74 Å². The Hall–Kier alpha value is -1.33. The van der Waals surface area contributed by atoms with Gasteiger partial charge in [0.25, 0.3) is 5.91 Å². The Balaban J connectivity index is 1.54. The smallest absolute Gasteiger partial charge is 0.286 e. The van der Waals surface area contributed by atoms with Crippen molar-refractivity contribution in [3.05, 3.63) is 24.2 Å². The van der Waals surface area contributed by atoms with Crippen LogP contribution in [0.5, 0.6) is 0 Å². The number of furan rings is 1. The predicted molar refractivity (Wildman–Crippen MR) is 79.2 cm³/mol. The summed E-state index contributed by atoms with van der Waals surface area (Å²) in [5, 5.41) is 2.98. The van der Waals surface area contributed by atoms with Crippen LogP contribution in [0.15, 0.2) is 22.8 Å². The maximum Gasteiger partial charge on any atom is 0.286 e. The summed E-state index contributed by atoms with van der Waals surface area (Å²) in [6.07, 6.45) is 5.26. The van der Waals surface area contributed by atoms with Crippen LogP contribution in [0.4, 0.5) is 0 Å². The van der Waals surface area contributed by atoms with E-state index in [0.717, 1.165) is 26.1 Å². The minimum atomic E-state index is -0.135. The van der Waals surface area contributed by atoms with E-state index in [-0.39, 0.29) is 12.0 Å². The molecular formula is C16H24N2O3. The summed E-state index contributed by atoms with van der Waals surface area (Å²) in [7, 11) is 0. The third-order valence-electron chi connectivity index (χ3n) is 4.62. The lowest BCUT2D eigenvalue weighted by atomic mass is 10.0. The number of hydrogen-bond acceptors (Lipinski definition) is 4. The van der Waals surface area contributed by atoms with Gasteiger partial charge in [0.2, 0.25) is 0 Å². The van der Waals surface area contributed by atoms with Gasteiger partial charge >= 0.3 is 0 Å². The number of nitrogens with zero attached hydrogens (tertiary/aromatic N) is 1. The fraction of sp³-hybridized carbons (Fsp3) is 0.688. The van der Waals surface area contributed by atoms with Crippen LogP contribution in [0.2, 0.25) is 0 Å². The van der Waals surface area contributed by atoms with Crippen LogP contribution < -0.4 is 5.32 Å². The Labute approximate surface area is 125 Å². The number of amides is 1. The minimum absolute atomic E-state index is 0.135. The van der Waals surface area contributed by atoms with E-state index < -0.39 is 0 Å². The van der Waals surface area contributed by atoms with E-state index in [4.69, 9.17) is 9.15 Å². The largest absolute Gasteiger partial charge is 0.459 e. The van der Waals surface area contributed by atoms with Crippen molar-refractivity contribution in [1.82, 2.24) is 10.2 Å². The van der Waals surface area contributed by atoms with Crippen molar-refractivity contribution < 1.29 is 13.9 Å². The van der Waals surface area contributed by atoms with Crippen LogP contribution in [0, 0.1) is 5.92 Å². The van der Waals surface area contributed by atoms with E-state index in [1.807, 2.05) is 0 Å². The molecule has 0 bridgehead atoms. The number of carbonyl (C=O) groups excluding carboxylic acids is 1. The quantitative estimate of drug-likeness (QED) is 0.900. The molecule has 1 aliphatic heterocycles. The summed E-state index contributed by atoms with van der Waals surface area (Å²) in [6, 6.07) is 3.95. The normalized spacial score (nSPS) is 29.3. The Morgan fingerprint density at radius 1 is 1.48 bits per heavy atom. The number of morpholine rings is 1. The molecule has 3 atom stereocenters. The molecule has 1 amide bonds. The number of ether oxygens (including phenoxy) is 1. The molecule has 3 rings (SSSR count). The van der Waals surface area contributed by atoms with Crippen LogP contribution in [0.25, 0.3) is 0 Å². The second-order valence-electron chi connectivity index (χ2n) is 5.96. The maximum absolute atomic E-state index is 11.9. The minimum Gasteiger partial charge on any atom is -0.459 e. The van der Waals surface area contributed by atoms with Gasteiger partial charge in [-0.05, 0) is 37.9 Å². The second-order valence-corrected chi connectivity index (χ2v) is 5.96. The number of carbonyl (C=O) groups is 1. The Morgan fingerprint density at radius 2 is 2.38 bits per heavy atom. The summed E-state index contributed by atoms with van der Waals surface area (Å²) in [4.78, 5) is 14.5. The average molecular weight is 292 g/mol. The Bertz CT molecular complexity index is 458. The number of fused-ring (bicyclic) bond motifs is 1. The molecule has 21 heavy (non-hydrogen) atoms. The molecule has 2 heterocycles. The van der Waals surface area contributed by atoms with Gasteiger partial charge in [-0.2, -0.15) is 0 Å². The first-order chi connectivity index (χ1) is 10.3. The van der Waals surface area contributed by atoms with Crippen molar-refractivity contribution in [3.63, 3.8) is 0 Å². The van der Waals surface area contributed by atoms with Crippen molar-refractivity contribution in [2.45, 2.75) is 38.3 Å². The van der Waals surface area contributed by atoms with Gasteiger partial charge in [0, 0.05) is 25.0 Å². The Morgan fingerprint density at radius 3 is 3.14 bits per heavy atom. The third kappa shape index (κ3) is 3.14. The number of rotatable bonds is 5. The van der Waals surface area contributed by atoms with Gasteiger partial charge in [-0.1, -0.05) is 6.92 Å². The van der Waals surface area contributed by atoms with Gasteiger partial charge in [0.05, 0.1) is 19.0 Å². The SMILES string of the molecule is CCCN1CCO[C@@H]2[C@H](CNC(=O)c3ccco3)CC[C@H]21. The topological polar surface area (TPSA) is 54.7 Å².